The number of nitrogens with zero attached hydrogens (tertiary/aromatic N) is 1. The molecule has 0 aliphatic carbocycles. The number of nitrogens with two attached hydrogens (primary N) is 1. The average Bonchev–Trinajstić information content (AvgIpc) is 2.83. The van der Waals surface area contributed by atoms with Gasteiger partial charge in [-0.15, -0.1) is 11.3 Å². The summed E-state index contributed by atoms with van der Waals surface area (Å²) in [6.07, 6.45) is 0. The van der Waals surface area contributed by atoms with Crippen LogP contribution in [0.3, 0.4) is 0 Å². The Morgan fingerprint density at radius 3 is 2.62 bits per heavy atom. The minimum Gasteiger partial charge on any atom is -0.326 e. The number of thiophene rings is 1. The van der Waals surface area contributed by atoms with Crippen molar-refractivity contribution >= 4 is 48.9 Å². The average molecular weight is 410 g/mol. The standard InChI is InChI=1S/C13H14BrClN2O2S2/c1-17(7-9-4-13(14)20-8-9)21(18,19)11-3-2-10(6-16)12(15)5-11/h2-5,8H,6-7,16H2,1H3. The SMILES string of the molecule is CN(Cc1csc(Br)c1)S(=O)(=O)c1ccc(CN)c(Cl)c1. The van der Waals surface area contributed by atoms with Crippen LogP contribution < -0.4 is 5.73 Å². The number of hydrogen-bond donors (Lipinski definition) is 1. The maximum absolute atomic E-state index is 12.5. The molecule has 2 rings (SSSR count). The summed E-state index contributed by atoms with van der Waals surface area (Å²) >= 11 is 10.9. The molecule has 0 fully saturated rings. The molecular weight excluding hydrogens is 396 g/mol. The second kappa shape index (κ2) is 6.76. The topological polar surface area (TPSA) is 63.4 Å². The molecule has 0 aliphatic rings. The van der Waals surface area contributed by atoms with Crippen molar-refractivity contribution in [3.05, 3.63) is 49.6 Å². The maximum atomic E-state index is 12.5. The molecule has 1 aromatic carbocycles. The van der Waals surface area contributed by atoms with Gasteiger partial charge in [0.15, 0.2) is 0 Å². The lowest BCUT2D eigenvalue weighted by Crippen LogP contribution is -2.26. The Kier molecular flexibility index (Phi) is 5.45. The van der Waals surface area contributed by atoms with Gasteiger partial charge >= 0.3 is 0 Å². The highest BCUT2D eigenvalue weighted by Gasteiger charge is 2.22. The van der Waals surface area contributed by atoms with Gasteiger partial charge in [-0.2, -0.15) is 4.31 Å². The smallest absolute Gasteiger partial charge is 0.243 e. The Morgan fingerprint density at radius 1 is 1.38 bits per heavy atom. The van der Waals surface area contributed by atoms with E-state index in [1.165, 1.54) is 27.8 Å². The highest BCUT2D eigenvalue weighted by atomic mass is 79.9. The third kappa shape index (κ3) is 3.85. The van der Waals surface area contributed by atoms with Crippen LogP contribution in [0.5, 0.6) is 0 Å². The zero-order chi connectivity index (χ0) is 15.6. The molecule has 0 saturated heterocycles. The van der Waals surface area contributed by atoms with Gasteiger partial charge in [-0.25, -0.2) is 8.42 Å². The minimum atomic E-state index is -3.58. The maximum Gasteiger partial charge on any atom is 0.243 e. The van der Waals surface area contributed by atoms with E-state index in [2.05, 4.69) is 15.9 Å². The first kappa shape index (κ1) is 16.9. The van der Waals surface area contributed by atoms with Crippen LogP contribution in [-0.2, 0) is 23.1 Å². The third-order valence-corrected chi connectivity index (χ3v) is 6.68. The van der Waals surface area contributed by atoms with Crippen LogP contribution in [0.1, 0.15) is 11.1 Å². The number of rotatable bonds is 5. The van der Waals surface area contributed by atoms with Gasteiger partial charge in [-0.05, 0) is 50.6 Å². The van der Waals surface area contributed by atoms with Crippen LogP contribution in [-0.4, -0.2) is 19.8 Å². The number of sulfonamides is 1. The summed E-state index contributed by atoms with van der Waals surface area (Å²) in [6, 6.07) is 6.52. The van der Waals surface area contributed by atoms with Crippen molar-refractivity contribution in [1.29, 1.82) is 0 Å². The van der Waals surface area contributed by atoms with Crippen molar-refractivity contribution in [2.24, 2.45) is 5.73 Å². The fraction of sp³-hybridized carbons (Fsp3) is 0.231. The molecule has 114 valence electrons. The van der Waals surface area contributed by atoms with E-state index in [1.54, 1.807) is 13.1 Å². The summed E-state index contributed by atoms with van der Waals surface area (Å²) in [6.45, 7) is 0.582. The van der Waals surface area contributed by atoms with Crippen LogP contribution >= 0.6 is 38.9 Å². The summed E-state index contributed by atoms with van der Waals surface area (Å²) < 4.78 is 27.3. The second-order valence-corrected chi connectivity index (χ2v) is 9.22. The summed E-state index contributed by atoms with van der Waals surface area (Å²) in [7, 11) is -2.03. The van der Waals surface area contributed by atoms with Crippen LogP contribution in [0.25, 0.3) is 0 Å². The van der Waals surface area contributed by atoms with Crippen LogP contribution in [0.15, 0.2) is 38.3 Å². The van der Waals surface area contributed by atoms with Gasteiger partial charge in [0.2, 0.25) is 10.0 Å². The van der Waals surface area contributed by atoms with E-state index in [0.29, 0.717) is 11.6 Å². The molecular formula is C13H14BrClN2O2S2. The molecule has 0 aliphatic heterocycles. The molecule has 1 heterocycles. The Morgan fingerprint density at radius 2 is 2.10 bits per heavy atom. The summed E-state index contributed by atoms with van der Waals surface area (Å²) in [5.74, 6) is 0. The summed E-state index contributed by atoms with van der Waals surface area (Å²) in [4.78, 5) is 0.168. The normalized spacial score (nSPS) is 12.0. The molecule has 21 heavy (non-hydrogen) atoms. The van der Waals surface area contributed by atoms with Crippen molar-refractivity contribution in [2.45, 2.75) is 18.0 Å². The van der Waals surface area contributed by atoms with E-state index in [-0.39, 0.29) is 11.4 Å². The van der Waals surface area contributed by atoms with Gasteiger partial charge in [-0.1, -0.05) is 17.7 Å². The number of benzene rings is 1. The molecule has 2 N–H and O–H groups in total. The first-order chi connectivity index (χ1) is 9.84. The summed E-state index contributed by atoms with van der Waals surface area (Å²) in [5, 5.41) is 2.28. The van der Waals surface area contributed by atoms with Gasteiger partial charge in [-0.3, -0.25) is 0 Å². The van der Waals surface area contributed by atoms with Gasteiger partial charge in [0, 0.05) is 25.2 Å². The minimum absolute atomic E-state index is 0.168. The lowest BCUT2D eigenvalue weighted by molar-refractivity contribution is 0.467. The van der Waals surface area contributed by atoms with E-state index in [4.69, 9.17) is 17.3 Å². The predicted molar refractivity (Wildman–Crippen MR) is 90.0 cm³/mol. The predicted octanol–water partition coefficient (Wildman–Crippen LogP) is 3.44. The van der Waals surface area contributed by atoms with Gasteiger partial charge in [0.25, 0.3) is 0 Å². The monoisotopic (exact) mass is 408 g/mol. The molecule has 0 atom stereocenters. The van der Waals surface area contributed by atoms with Crippen LogP contribution in [0, 0.1) is 0 Å². The van der Waals surface area contributed by atoms with Crippen molar-refractivity contribution in [2.75, 3.05) is 7.05 Å². The zero-order valence-corrected chi connectivity index (χ0v) is 15.2. The molecule has 0 bridgehead atoms. The van der Waals surface area contributed by atoms with E-state index in [1.807, 2.05) is 11.4 Å². The Balaban J connectivity index is 2.26. The number of halogens is 2. The van der Waals surface area contributed by atoms with Gasteiger partial charge < -0.3 is 5.73 Å². The quantitative estimate of drug-likeness (QED) is 0.822. The van der Waals surface area contributed by atoms with E-state index in [0.717, 1.165) is 14.9 Å². The lowest BCUT2D eigenvalue weighted by atomic mass is 10.2. The third-order valence-electron chi connectivity index (χ3n) is 2.98. The van der Waals surface area contributed by atoms with E-state index >= 15 is 0 Å². The van der Waals surface area contributed by atoms with Crippen molar-refractivity contribution in [3.8, 4) is 0 Å². The summed E-state index contributed by atoms with van der Waals surface area (Å²) in [5.41, 5.74) is 7.18. The van der Waals surface area contributed by atoms with Crippen LogP contribution in [0.4, 0.5) is 0 Å². The fourth-order valence-electron chi connectivity index (χ4n) is 1.80. The van der Waals surface area contributed by atoms with Gasteiger partial charge in [0.05, 0.1) is 8.68 Å². The molecule has 0 radical (unpaired) electrons. The van der Waals surface area contributed by atoms with Gasteiger partial charge in [0.1, 0.15) is 0 Å². The zero-order valence-electron chi connectivity index (χ0n) is 11.2. The largest absolute Gasteiger partial charge is 0.326 e. The molecule has 0 saturated carbocycles. The first-order valence-corrected chi connectivity index (χ1v) is 9.51. The Labute approximate surface area is 141 Å². The molecule has 2 aromatic rings. The molecule has 1 aromatic heterocycles. The second-order valence-electron chi connectivity index (χ2n) is 4.48. The molecule has 0 unspecified atom stereocenters. The Bertz CT molecular complexity index is 746. The van der Waals surface area contributed by atoms with Crippen molar-refractivity contribution in [1.82, 2.24) is 4.31 Å². The van der Waals surface area contributed by atoms with E-state index in [9.17, 15) is 8.42 Å². The molecule has 4 nitrogen and oxygen atoms in total. The first-order valence-electron chi connectivity index (χ1n) is 6.02. The fourth-order valence-corrected chi connectivity index (χ4v) is 4.51. The lowest BCUT2D eigenvalue weighted by Gasteiger charge is -2.17. The molecule has 0 amide bonds. The molecule has 0 spiro atoms. The highest BCUT2D eigenvalue weighted by molar-refractivity contribution is 9.11. The molecule has 8 heteroatoms. The van der Waals surface area contributed by atoms with Crippen LogP contribution in [0.2, 0.25) is 5.02 Å². The van der Waals surface area contributed by atoms with Crippen molar-refractivity contribution < 1.29 is 8.42 Å². The number of hydrogen-bond acceptors (Lipinski definition) is 4. The Hall–Kier alpha value is -0.440. The van der Waals surface area contributed by atoms with Crippen molar-refractivity contribution in [3.63, 3.8) is 0 Å². The van der Waals surface area contributed by atoms with E-state index < -0.39 is 10.0 Å². The highest BCUT2D eigenvalue weighted by Crippen LogP contribution is 2.25.